The van der Waals surface area contributed by atoms with Crippen molar-refractivity contribution in [3.05, 3.63) is 81.7 Å². The number of thiophene rings is 1. The van der Waals surface area contributed by atoms with Gasteiger partial charge in [0, 0.05) is 4.88 Å². The van der Waals surface area contributed by atoms with Crippen LogP contribution in [0.5, 0.6) is 5.75 Å². The van der Waals surface area contributed by atoms with Crippen molar-refractivity contribution >= 4 is 40.1 Å². The van der Waals surface area contributed by atoms with Gasteiger partial charge in [-0.3, -0.25) is 9.59 Å². The van der Waals surface area contributed by atoms with Crippen molar-refractivity contribution in [2.45, 2.75) is 13.8 Å². The Morgan fingerprint density at radius 1 is 0.931 bits per heavy atom. The fourth-order valence-corrected chi connectivity index (χ4v) is 4.14. The van der Waals surface area contributed by atoms with E-state index in [1.807, 2.05) is 61.7 Å². The van der Waals surface area contributed by atoms with Gasteiger partial charge in [-0.25, -0.2) is 4.90 Å². The summed E-state index contributed by atoms with van der Waals surface area (Å²) < 4.78 is 5.40. The second kappa shape index (κ2) is 7.56. The molecule has 3 aromatic rings. The molecule has 6 heteroatoms. The number of para-hydroxylation sites is 2. The zero-order valence-electron chi connectivity index (χ0n) is 16.4. The molecule has 2 heterocycles. The smallest absolute Gasteiger partial charge is 0.282 e. The third-order valence-corrected chi connectivity index (χ3v) is 5.92. The lowest BCUT2D eigenvalue weighted by Crippen LogP contribution is -2.33. The average molecular weight is 404 g/mol. The van der Waals surface area contributed by atoms with Gasteiger partial charge in [0.05, 0.1) is 24.1 Å². The number of rotatable bonds is 5. The summed E-state index contributed by atoms with van der Waals surface area (Å²) >= 11 is 1.43. The Morgan fingerprint density at radius 3 is 2.45 bits per heavy atom. The summed E-state index contributed by atoms with van der Waals surface area (Å²) in [4.78, 5) is 28.9. The van der Waals surface area contributed by atoms with E-state index in [4.69, 9.17) is 4.74 Å². The van der Waals surface area contributed by atoms with Gasteiger partial charge in [0.2, 0.25) is 0 Å². The molecule has 0 unspecified atom stereocenters. The van der Waals surface area contributed by atoms with Crippen LogP contribution in [0.15, 0.2) is 65.7 Å². The lowest BCUT2D eigenvalue weighted by atomic mass is 10.1. The fourth-order valence-electron chi connectivity index (χ4n) is 3.37. The minimum atomic E-state index is -0.377. The molecule has 0 saturated heterocycles. The molecule has 5 nitrogen and oxygen atoms in total. The van der Waals surface area contributed by atoms with E-state index < -0.39 is 0 Å². The first-order chi connectivity index (χ1) is 14.0. The number of ether oxygens (including phenoxy) is 1. The number of hydrogen-bond donors (Lipinski definition) is 1. The number of anilines is 2. The third-order valence-electron chi connectivity index (χ3n) is 5.04. The van der Waals surface area contributed by atoms with Crippen molar-refractivity contribution in [3.8, 4) is 5.75 Å². The maximum absolute atomic E-state index is 13.4. The standard InChI is InChI=1S/C23H20N2O3S/c1-14-8-6-10-17(15(14)2)25-22(26)20(19-12-7-13-29-19)21(23(25)27)24-16-9-4-5-11-18(16)28-3/h4-13,24H,1-3H3. The molecular weight excluding hydrogens is 384 g/mol. The maximum atomic E-state index is 13.4. The highest BCUT2D eigenvalue weighted by Gasteiger charge is 2.41. The first-order valence-electron chi connectivity index (χ1n) is 9.16. The van der Waals surface area contributed by atoms with Crippen LogP contribution in [0.1, 0.15) is 16.0 Å². The molecule has 0 saturated carbocycles. The van der Waals surface area contributed by atoms with E-state index in [0.29, 0.717) is 22.7 Å². The number of aryl methyl sites for hydroxylation is 1. The lowest BCUT2D eigenvalue weighted by Gasteiger charge is -2.19. The Bertz CT molecular complexity index is 1130. The van der Waals surface area contributed by atoms with Crippen LogP contribution in [0, 0.1) is 13.8 Å². The summed E-state index contributed by atoms with van der Waals surface area (Å²) in [6, 6.07) is 16.7. The molecule has 0 spiro atoms. The highest BCUT2D eigenvalue weighted by atomic mass is 32.1. The normalized spacial score (nSPS) is 14.0. The van der Waals surface area contributed by atoms with Gasteiger partial charge in [0.1, 0.15) is 11.4 Å². The van der Waals surface area contributed by atoms with Crippen molar-refractivity contribution in [1.82, 2.24) is 0 Å². The molecule has 1 aliphatic rings. The number of methoxy groups -OCH3 is 1. The van der Waals surface area contributed by atoms with E-state index in [2.05, 4.69) is 5.32 Å². The van der Waals surface area contributed by atoms with Crippen LogP contribution in [0.2, 0.25) is 0 Å². The van der Waals surface area contributed by atoms with Crippen molar-refractivity contribution in [2.24, 2.45) is 0 Å². The molecule has 0 radical (unpaired) electrons. The van der Waals surface area contributed by atoms with Crippen LogP contribution in [0.3, 0.4) is 0 Å². The van der Waals surface area contributed by atoms with E-state index in [1.54, 1.807) is 19.2 Å². The predicted molar refractivity (Wildman–Crippen MR) is 116 cm³/mol. The van der Waals surface area contributed by atoms with E-state index >= 15 is 0 Å². The van der Waals surface area contributed by atoms with Gasteiger partial charge in [-0.15, -0.1) is 11.3 Å². The number of carbonyl (C=O) groups excluding carboxylic acids is 2. The predicted octanol–water partition coefficient (Wildman–Crippen LogP) is 4.77. The van der Waals surface area contributed by atoms with Crippen LogP contribution >= 0.6 is 11.3 Å². The first-order valence-corrected chi connectivity index (χ1v) is 10.0. The largest absolute Gasteiger partial charge is 0.495 e. The fraction of sp³-hybridized carbons (Fsp3) is 0.130. The Kier molecular flexibility index (Phi) is 4.94. The van der Waals surface area contributed by atoms with Crippen LogP contribution < -0.4 is 15.0 Å². The maximum Gasteiger partial charge on any atom is 0.282 e. The van der Waals surface area contributed by atoms with Gasteiger partial charge in [0.15, 0.2) is 0 Å². The SMILES string of the molecule is COc1ccccc1NC1=C(c2cccs2)C(=O)N(c2cccc(C)c2C)C1=O. The molecule has 0 fully saturated rings. The quantitative estimate of drug-likeness (QED) is 0.623. The summed E-state index contributed by atoms with van der Waals surface area (Å²) in [7, 11) is 1.57. The van der Waals surface area contributed by atoms with Crippen LogP contribution in [-0.4, -0.2) is 18.9 Å². The number of imide groups is 1. The highest BCUT2D eigenvalue weighted by Crippen LogP contribution is 2.38. The Labute approximate surface area is 173 Å². The number of nitrogens with zero attached hydrogens (tertiary/aromatic N) is 1. The van der Waals surface area contributed by atoms with Gasteiger partial charge >= 0.3 is 0 Å². The van der Waals surface area contributed by atoms with Crippen molar-refractivity contribution < 1.29 is 14.3 Å². The van der Waals surface area contributed by atoms with E-state index in [-0.39, 0.29) is 17.5 Å². The Balaban J connectivity index is 1.84. The Hall–Kier alpha value is -3.38. The first kappa shape index (κ1) is 19.0. The molecule has 1 aliphatic heterocycles. The number of benzene rings is 2. The molecule has 0 atom stereocenters. The van der Waals surface area contributed by atoms with Crippen molar-refractivity contribution in [3.63, 3.8) is 0 Å². The summed E-state index contributed by atoms with van der Waals surface area (Å²) in [6.45, 7) is 3.88. The minimum absolute atomic E-state index is 0.253. The third kappa shape index (κ3) is 3.21. The summed E-state index contributed by atoms with van der Waals surface area (Å²) in [6.07, 6.45) is 0. The van der Waals surface area contributed by atoms with E-state index in [9.17, 15) is 9.59 Å². The molecule has 0 bridgehead atoms. The second-order valence-corrected chi connectivity index (χ2v) is 7.67. The van der Waals surface area contributed by atoms with Crippen molar-refractivity contribution in [2.75, 3.05) is 17.3 Å². The molecule has 4 rings (SSSR count). The number of carbonyl (C=O) groups is 2. The van der Waals surface area contributed by atoms with Gasteiger partial charge in [-0.2, -0.15) is 0 Å². The van der Waals surface area contributed by atoms with E-state index in [1.165, 1.54) is 16.2 Å². The molecule has 2 aromatic carbocycles. The topological polar surface area (TPSA) is 58.6 Å². The van der Waals surface area contributed by atoms with Gasteiger partial charge < -0.3 is 10.1 Å². The summed E-state index contributed by atoms with van der Waals surface area (Å²) in [5.41, 5.74) is 3.78. The molecular formula is C23H20N2O3S. The van der Waals surface area contributed by atoms with Gasteiger partial charge in [-0.1, -0.05) is 30.3 Å². The van der Waals surface area contributed by atoms with Crippen LogP contribution in [-0.2, 0) is 9.59 Å². The average Bonchev–Trinajstić information content (AvgIpc) is 3.32. The molecule has 0 aliphatic carbocycles. The number of nitrogens with one attached hydrogen (secondary N) is 1. The molecule has 1 aromatic heterocycles. The van der Waals surface area contributed by atoms with Crippen molar-refractivity contribution in [1.29, 1.82) is 0 Å². The molecule has 29 heavy (non-hydrogen) atoms. The van der Waals surface area contributed by atoms with Gasteiger partial charge in [0.25, 0.3) is 11.8 Å². The molecule has 2 amide bonds. The molecule has 1 N–H and O–H groups in total. The van der Waals surface area contributed by atoms with Crippen LogP contribution in [0.25, 0.3) is 5.57 Å². The number of amides is 2. The minimum Gasteiger partial charge on any atom is -0.495 e. The highest BCUT2D eigenvalue weighted by molar-refractivity contribution is 7.11. The monoisotopic (exact) mass is 404 g/mol. The lowest BCUT2D eigenvalue weighted by molar-refractivity contribution is -0.120. The molecule has 146 valence electrons. The zero-order valence-corrected chi connectivity index (χ0v) is 17.2. The number of hydrogen-bond acceptors (Lipinski definition) is 5. The second-order valence-electron chi connectivity index (χ2n) is 6.72. The zero-order chi connectivity index (χ0) is 20.5. The summed E-state index contributed by atoms with van der Waals surface area (Å²) in [5.74, 6) is -0.113. The summed E-state index contributed by atoms with van der Waals surface area (Å²) in [5, 5.41) is 5.05. The van der Waals surface area contributed by atoms with E-state index in [0.717, 1.165) is 16.0 Å². The van der Waals surface area contributed by atoms with Crippen LogP contribution in [0.4, 0.5) is 11.4 Å². The van der Waals surface area contributed by atoms with Gasteiger partial charge in [-0.05, 0) is 54.6 Å². The Morgan fingerprint density at radius 2 is 1.72 bits per heavy atom.